The highest BCUT2D eigenvalue weighted by Crippen LogP contribution is 2.49. The summed E-state index contributed by atoms with van der Waals surface area (Å²) in [6.45, 7) is 15.6. The molecule has 2 N–H and O–H groups in total. The van der Waals surface area contributed by atoms with Crippen LogP contribution in [0.5, 0.6) is 0 Å². The lowest BCUT2D eigenvalue weighted by atomic mass is 9.79. The van der Waals surface area contributed by atoms with E-state index in [9.17, 15) is 0 Å². The first-order chi connectivity index (χ1) is 9.19. The predicted molar refractivity (Wildman–Crippen MR) is 84.4 cm³/mol. The van der Waals surface area contributed by atoms with Gasteiger partial charge < -0.3 is 5.32 Å². The van der Waals surface area contributed by atoms with Crippen LogP contribution in [0, 0.1) is 17.3 Å². The average Bonchev–Trinajstić information content (AvgIpc) is 2.81. The molecule has 3 fully saturated rings. The molecule has 0 amide bonds. The molecule has 20 heavy (non-hydrogen) atoms. The number of hydrogen-bond acceptors (Lipinski definition) is 3. The Hall–Kier alpha value is -0.120. The van der Waals surface area contributed by atoms with E-state index in [1.807, 2.05) is 0 Å². The molecule has 3 aliphatic rings. The molecule has 0 aromatic heterocycles. The quantitative estimate of drug-likeness (QED) is 0.714. The lowest BCUT2D eigenvalue weighted by Crippen LogP contribution is -2.59. The Kier molecular flexibility index (Phi) is 3.47. The second-order valence-electron chi connectivity index (χ2n) is 9.21. The molecule has 0 radical (unpaired) electrons. The van der Waals surface area contributed by atoms with Crippen LogP contribution in [0.15, 0.2) is 0 Å². The molecule has 0 aromatic carbocycles. The first-order valence-corrected chi connectivity index (χ1v) is 8.47. The number of likely N-dealkylation sites (tertiary alicyclic amines) is 1. The molecule has 0 aromatic rings. The van der Waals surface area contributed by atoms with Crippen molar-refractivity contribution in [3.8, 4) is 0 Å². The maximum absolute atomic E-state index is 3.93. The summed E-state index contributed by atoms with van der Waals surface area (Å²) >= 11 is 0. The summed E-state index contributed by atoms with van der Waals surface area (Å²) in [4.78, 5) is 2.79. The molecule has 3 nitrogen and oxygen atoms in total. The van der Waals surface area contributed by atoms with E-state index in [0.717, 1.165) is 11.8 Å². The zero-order valence-corrected chi connectivity index (χ0v) is 14.2. The molecule has 3 rings (SSSR count). The third-order valence-electron chi connectivity index (χ3n) is 5.72. The Labute approximate surface area is 124 Å². The van der Waals surface area contributed by atoms with Crippen LogP contribution in [0.1, 0.15) is 60.8 Å². The molecule has 116 valence electrons. The van der Waals surface area contributed by atoms with Gasteiger partial charge in [-0.2, -0.15) is 0 Å². The third kappa shape index (κ3) is 2.32. The van der Waals surface area contributed by atoms with Gasteiger partial charge in [-0.25, -0.2) is 0 Å². The van der Waals surface area contributed by atoms with Gasteiger partial charge in [0.2, 0.25) is 0 Å². The smallest absolute Gasteiger partial charge is 0.0649 e. The molecule has 5 unspecified atom stereocenters. The maximum atomic E-state index is 3.93. The van der Waals surface area contributed by atoms with Gasteiger partial charge in [-0.3, -0.25) is 10.2 Å². The van der Waals surface area contributed by atoms with Gasteiger partial charge in [0, 0.05) is 11.6 Å². The number of fused-ring (bicyclic) bond motifs is 3. The van der Waals surface area contributed by atoms with Gasteiger partial charge >= 0.3 is 0 Å². The van der Waals surface area contributed by atoms with Crippen molar-refractivity contribution >= 4 is 0 Å². The molecular weight excluding hydrogens is 246 g/mol. The van der Waals surface area contributed by atoms with E-state index < -0.39 is 0 Å². The van der Waals surface area contributed by atoms with E-state index in [2.05, 4.69) is 57.1 Å². The van der Waals surface area contributed by atoms with E-state index in [1.54, 1.807) is 0 Å². The molecule has 0 bridgehead atoms. The van der Waals surface area contributed by atoms with Gasteiger partial charge in [0.1, 0.15) is 0 Å². The van der Waals surface area contributed by atoms with E-state index in [4.69, 9.17) is 0 Å². The highest BCUT2D eigenvalue weighted by atomic mass is 15.4. The molecule has 3 saturated heterocycles. The van der Waals surface area contributed by atoms with Crippen LogP contribution >= 0.6 is 0 Å². The molecule has 0 saturated carbocycles. The first-order valence-electron chi connectivity index (χ1n) is 8.47. The lowest BCUT2D eigenvalue weighted by molar-refractivity contribution is 0.0133. The predicted octanol–water partition coefficient (Wildman–Crippen LogP) is 2.78. The normalized spacial score (nSPS) is 42.6. The summed E-state index contributed by atoms with van der Waals surface area (Å²) in [7, 11) is 0. The van der Waals surface area contributed by atoms with Crippen molar-refractivity contribution in [2.75, 3.05) is 6.54 Å². The molecule has 3 heteroatoms. The molecule has 0 aliphatic carbocycles. The lowest BCUT2D eigenvalue weighted by Gasteiger charge is -2.46. The minimum Gasteiger partial charge on any atom is -0.302 e. The van der Waals surface area contributed by atoms with E-state index in [-0.39, 0.29) is 5.54 Å². The molecule has 5 atom stereocenters. The number of piperidine rings is 1. The van der Waals surface area contributed by atoms with Gasteiger partial charge in [-0.05, 0) is 63.8 Å². The van der Waals surface area contributed by atoms with Crippen molar-refractivity contribution in [2.45, 2.75) is 84.7 Å². The van der Waals surface area contributed by atoms with Crippen LogP contribution < -0.4 is 10.6 Å². The summed E-state index contributed by atoms with van der Waals surface area (Å²) in [6.07, 6.45) is 5.24. The summed E-state index contributed by atoms with van der Waals surface area (Å²) in [5.41, 5.74) is 0.592. The second kappa shape index (κ2) is 4.69. The molecular formula is C17H33N3. The van der Waals surface area contributed by atoms with Gasteiger partial charge in [-0.1, -0.05) is 20.8 Å². The highest BCUT2D eigenvalue weighted by Gasteiger charge is 2.57. The number of hydrogen-bond donors (Lipinski definition) is 2. The fourth-order valence-corrected chi connectivity index (χ4v) is 4.91. The number of nitrogens with zero attached hydrogens (tertiary/aromatic N) is 1. The van der Waals surface area contributed by atoms with Crippen LogP contribution in [0.2, 0.25) is 0 Å². The fraction of sp³-hybridized carbons (Fsp3) is 1.00. The zero-order chi connectivity index (χ0) is 14.7. The minimum atomic E-state index is 0.234. The van der Waals surface area contributed by atoms with Crippen molar-refractivity contribution in [3.05, 3.63) is 0 Å². The van der Waals surface area contributed by atoms with Crippen molar-refractivity contribution in [1.29, 1.82) is 0 Å². The van der Waals surface area contributed by atoms with Crippen molar-refractivity contribution < 1.29 is 0 Å². The maximum Gasteiger partial charge on any atom is 0.0649 e. The first kappa shape index (κ1) is 14.8. The fourth-order valence-electron chi connectivity index (χ4n) is 4.91. The van der Waals surface area contributed by atoms with E-state index >= 15 is 0 Å². The summed E-state index contributed by atoms with van der Waals surface area (Å²) in [5, 5.41) is 7.63. The van der Waals surface area contributed by atoms with E-state index in [1.165, 1.54) is 25.8 Å². The van der Waals surface area contributed by atoms with Gasteiger partial charge in [0.25, 0.3) is 0 Å². The van der Waals surface area contributed by atoms with Crippen LogP contribution in [-0.2, 0) is 0 Å². The Bertz CT molecular complexity index is 365. The van der Waals surface area contributed by atoms with Crippen molar-refractivity contribution in [2.24, 2.45) is 17.3 Å². The summed E-state index contributed by atoms with van der Waals surface area (Å²) in [5.74, 6) is 1.67. The molecule has 3 aliphatic heterocycles. The van der Waals surface area contributed by atoms with Crippen molar-refractivity contribution in [3.63, 3.8) is 0 Å². The molecule has 3 heterocycles. The zero-order valence-electron chi connectivity index (χ0n) is 14.2. The highest BCUT2D eigenvalue weighted by molar-refractivity contribution is 5.09. The third-order valence-corrected chi connectivity index (χ3v) is 5.72. The van der Waals surface area contributed by atoms with Gasteiger partial charge in [0.05, 0.1) is 12.3 Å². The van der Waals surface area contributed by atoms with Gasteiger partial charge in [-0.15, -0.1) is 0 Å². The van der Waals surface area contributed by atoms with Crippen LogP contribution in [0.25, 0.3) is 0 Å². The van der Waals surface area contributed by atoms with Crippen LogP contribution in [-0.4, -0.2) is 35.4 Å². The number of rotatable bonds is 0. The Morgan fingerprint density at radius 2 is 1.70 bits per heavy atom. The standard InChI is InChI=1S/C17H33N3/c1-16(2,3)13-10-12-11-8-7-9-18-14(11)19-15(12)20(13)17(4,5)6/h11-15,18-19H,7-10H2,1-6H3. The Balaban J connectivity index is 1.89. The van der Waals surface area contributed by atoms with E-state index in [0.29, 0.717) is 23.8 Å². The van der Waals surface area contributed by atoms with Crippen molar-refractivity contribution in [1.82, 2.24) is 15.5 Å². The molecule has 0 spiro atoms. The average molecular weight is 279 g/mol. The topological polar surface area (TPSA) is 27.3 Å². The van der Waals surface area contributed by atoms with Crippen LogP contribution in [0.3, 0.4) is 0 Å². The summed E-state index contributed by atoms with van der Waals surface area (Å²) < 4.78 is 0. The Morgan fingerprint density at radius 1 is 1.00 bits per heavy atom. The van der Waals surface area contributed by atoms with Gasteiger partial charge in [0.15, 0.2) is 0 Å². The van der Waals surface area contributed by atoms with Crippen LogP contribution in [0.4, 0.5) is 0 Å². The monoisotopic (exact) mass is 279 g/mol. The largest absolute Gasteiger partial charge is 0.302 e. The second-order valence-corrected chi connectivity index (χ2v) is 9.21. The number of nitrogens with one attached hydrogen (secondary N) is 2. The minimum absolute atomic E-state index is 0.234. The summed E-state index contributed by atoms with van der Waals surface area (Å²) in [6, 6.07) is 0.688. The Morgan fingerprint density at radius 3 is 2.30 bits per heavy atom. The SMILES string of the molecule is CC(C)(C)C1CC2C3CCCNC3NC2N1C(C)(C)C.